The predicted molar refractivity (Wildman–Crippen MR) is 91.4 cm³/mol. The molecule has 0 spiro atoms. The Kier molecular flexibility index (Phi) is 8.57. The van der Waals surface area contributed by atoms with E-state index >= 15 is 0 Å². The lowest BCUT2D eigenvalue weighted by Crippen LogP contribution is -2.18. The molecule has 0 saturated heterocycles. The Labute approximate surface area is 137 Å². The SMILES string of the molecule is CCCCCCCCC(=O)NN=C(C)c1ccc([N+](=O)[O-])cc1. The van der Waals surface area contributed by atoms with Gasteiger partial charge in [-0.25, -0.2) is 5.43 Å². The second kappa shape index (κ2) is 10.5. The molecule has 6 heteroatoms. The predicted octanol–water partition coefficient (Wildman–Crippen LogP) is 4.19. The minimum atomic E-state index is -0.446. The van der Waals surface area contributed by atoms with Gasteiger partial charge in [-0.15, -0.1) is 0 Å². The van der Waals surface area contributed by atoms with Gasteiger partial charge in [0.1, 0.15) is 0 Å². The molecule has 0 aromatic heterocycles. The molecule has 1 aromatic carbocycles. The lowest BCUT2D eigenvalue weighted by Gasteiger charge is -2.03. The van der Waals surface area contributed by atoms with Gasteiger partial charge in [-0.2, -0.15) is 5.10 Å². The Morgan fingerprint density at radius 2 is 1.74 bits per heavy atom. The molecule has 23 heavy (non-hydrogen) atoms. The molecular formula is C17H25N3O3. The van der Waals surface area contributed by atoms with Crippen LogP contribution in [-0.4, -0.2) is 16.5 Å². The molecule has 0 aliphatic heterocycles. The molecule has 0 saturated carbocycles. The third kappa shape index (κ3) is 7.54. The summed E-state index contributed by atoms with van der Waals surface area (Å²) in [5.74, 6) is -0.0956. The molecule has 1 amide bonds. The molecule has 0 heterocycles. The molecule has 0 bridgehead atoms. The smallest absolute Gasteiger partial charge is 0.269 e. The first-order valence-electron chi connectivity index (χ1n) is 8.12. The van der Waals surface area contributed by atoms with Crippen molar-refractivity contribution in [2.24, 2.45) is 5.10 Å². The van der Waals surface area contributed by atoms with Crippen LogP contribution in [0.4, 0.5) is 5.69 Å². The molecule has 1 N–H and O–H groups in total. The van der Waals surface area contributed by atoms with Crippen LogP contribution >= 0.6 is 0 Å². The Morgan fingerprint density at radius 3 is 2.35 bits per heavy atom. The summed E-state index contributed by atoms with van der Waals surface area (Å²) < 4.78 is 0. The van der Waals surface area contributed by atoms with Gasteiger partial charge < -0.3 is 0 Å². The lowest BCUT2D eigenvalue weighted by molar-refractivity contribution is -0.384. The van der Waals surface area contributed by atoms with Gasteiger partial charge in [-0.3, -0.25) is 14.9 Å². The van der Waals surface area contributed by atoms with Crippen LogP contribution in [0.2, 0.25) is 0 Å². The van der Waals surface area contributed by atoms with E-state index in [4.69, 9.17) is 0 Å². The molecule has 0 aliphatic carbocycles. The normalized spacial score (nSPS) is 11.3. The van der Waals surface area contributed by atoms with Crippen LogP contribution in [-0.2, 0) is 4.79 Å². The van der Waals surface area contributed by atoms with Crippen LogP contribution in [0.5, 0.6) is 0 Å². The quantitative estimate of drug-likeness (QED) is 0.304. The van der Waals surface area contributed by atoms with Crippen molar-refractivity contribution in [1.29, 1.82) is 0 Å². The summed E-state index contributed by atoms with van der Waals surface area (Å²) in [5.41, 5.74) is 3.94. The van der Waals surface area contributed by atoms with E-state index < -0.39 is 4.92 Å². The third-order valence-electron chi connectivity index (χ3n) is 3.60. The minimum Gasteiger partial charge on any atom is -0.273 e. The monoisotopic (exact) mass is 319 g/mol. The molecule has 0 atom stereocenters. The number of unbranched alkanes of at least 4 members (excludes halogenated alkanes) is 5. The Hall–Kier alpha value is -2.24. The fourth-order valence-corrected chi connectivity index (χ4v) is 2.16. The van der Waals surface area contributed by atoms with Gasteiger partial charge in [0, 0.05) is 18.6 Å². The fourth-order valence-electron chi connectivity index (χ4n) is 2.16. The number of amides is 1. The molecular weight excluding hydrogens is 294 g/mol. The lowest BCUT2D eigenvalue weighted by atomic mass is 10.1. The topological polar surface area (TPSA) is 84.6 Å². The number of nitro groups is 1. The number of hydrogen-bond donors (Lipinski definition) is 1. The molecule has 0 radical (unpaired) electrons. The van der Waals surface area contributed by atoms with Crippen LogP contribution in [0.15, 0.2) is 29.4 Å². The number of nitrogens with zero attached hydrogens (tertiary/aromatic N) is 2. The van der Waals surface area contributed by atoms with Crippen molar-refractivity contribution in [2.45, 2.75) is 58.8 Å². The van der Waals surface area contributed by atoms with Crippen LogP contribution in [0, 0.1) is 10.1 Å². The van der Waals surface area contributed by atoms with Crippen molar-refractivity contribution < 1.29 is 9.72 Å². The number of carbonyl (C=O) groups excluding carboxylic acids is 1. The van der Waals surface area contributed by atoms with Crippen molar-refractivity contribution in [1.82, 2.24) is 5.43 Å². The van der Waals surface area contributed by atoms with E-state index in [9.17, 15) is 14.9 Å². The zero-order valence-electron chi connectivity index (χ0n) is 13.9. The minimum absolute atomic E-state index is 0.0358. The van der Waals surface area contributed by atoms with E-state index in [1.165, 1.54) is 37.8 Å². The van der Waals surface area contributed by atoms with Crippen LogP contribution < -0.4 is 5.43 Å². The summed E-state index contributed by atoms with van der Waals surface area (Å²) in [6.07, 6.45) is 7.30. The van der Waals surface area contributed by atoms with Gasteiger partial charge in [-0.1, -0.05) is 39.0 Å². The number of nitro benzene ring substituents is 1. The van der Waals surface area contributed by atoms with E-state index in [0.29, 0.717) is 12.1 Å². The average molecular weight is 319 g/mol. The van der Waals surface area contributed by atoms with Crippen molar-refractivity contribution >= 4 is 17.3 Å². The van der Waals surface area contributed by atoms with Gasteiger partial charge in [0.15, 0.2) is 0 Å². The fraction of sp³-hybridized carbons (Fsp3) is 0.529. The van der Waals surface area contributed by atoms with E-state index in [1.807, 2.05) is 0 Å². The highest BCUT2D eigenvalue weighted by Gasteiger charge is 2.06. The Bertz CT molecular complexity index is 539. The van der Waals surface area contributed by atoms with Crippen molar-refractivity contribution in [3.05, 3.63) is 39.9 Å². The Morgan fingerprint density at radius 1 is 1.13 bits per heavy atom. The first-order chi connectivity index (χ1) is 11.0. The van der Waals surface area contributed by atoms with Gasteiger partial charge in [0.2, 0.25) is 5.91 Å². The summed E-state index contributed by atoms with van der Waals surface area (Å²) in [5, 5.41) is 14.6. The molecule has 6 nitrogen and oxygen atoms in total. The second-order valence-electron chi connectivity index (χ2n) is 5.55. The summed E-state index contributed by atoms with van der Waals surface area (Å²) in [4.78, 5) is 21.9. The highest BCUT2D eigenvalue weighted by molar-refractivity contribution is 5.99. The maximum Gasteiger partial charge on any atom is 0.269 e. The summed E-state index contributed by atoms with van der Waals surface area (Å²) in [6.45, 7) is 3.94. The van der Waals surface area contributed by atoms with E-state index in [-0.39, 0.29) is 11.6 Å². The zero-order chi connectivity index (χ0) is 17.1. The number of carbonyl (C=O) groups is 1. The number of benzene rings is 1. The molecule has 0 aliphatic rings. The Balaban J connectivity index is 2.34. The van der Waals surface area contributed by atoms with E-state index in [0.717, 1.165) is 18.4 Å². The second-order valence-corrected chi connectivity index (χ2v) is 5.55. The van der Waals surface area contributed by atoms with Crippen molar-refractivity contribution in [3.63, 3.8) is 0 Å². The number of hydrazone groups is 1. The molecule has 0 fully saturated rings. The first-order valence-corrected chi connectivity index (χ1v) is 8.12. The maximum absolute atomic E-state index is 11.7. The molecule has 0 unspecified atom stereocenters. The number of hydrogen-bond acceptors (Lipinski definition) is 4. The van der Waals surface area contributed by atoms with Gasteiger partial charge in [-0.05, 0) is 31.0 Å². The zero-order valence-corrected chi connectivity index (χ0v) is 13.9. The van der Waals surface area contributed by atoms with Gasteiger partial charge in [0.05, 0.1) is 10.6 Å². The maximum atomic E-state index is 11.7. The van der Waals surface area contributed by atoms with Crippen molar-refractivity contribution in [3.8, 4) is 0 Å². The standard InChI is InChI=1S/C17H25N3O3/c1-3-4-5-6-7-8-9-17(21)19-18-14(2)15-10-12-16(13-11-15)20(22)23/h10-13H,3-9H2,1-2H3,(H,19,21). The summed E-state index contributed by atoms with van der Waals surface area (Å²) in [7, 11) is 0. The van der Waals surface area contributed by atoms with Gasteiger partial charge >= 0.3 is 0 Å². The summed E-state index contributed by atoms with van der Waals surface area (Å²) in [6, 6.07) is 6.09. The highest BCUT2D eigenvalue weighted by atomic mass is 16.6. The van der Waals surface area contributed by atoms with Gasteiger partial charge in [0.25, 0.3) is 5.69 Å². The van der Waals surface area contributed by atoms with Crippen LogP contribution in [0.3, 0.4) is 0 Å². The van der Waals surface area contributed by atoms with E-state index in [2.05, 4.69) is 17.5 Å². The molecule has 1 rings (SSSR count). The van der Waals surface area contributed by atoms with E-state index in [1.54, 1.807) is 19.1 Å². The number of nitrogens with one attached hydrogen (secondary N) is 1. The number of non-ortho nitro benzene ring substituents is 1. The largest absolute Gasteiger partial charge is 0.273 e. The molecule has 126 valence electrons. The van der Waals surface area contributed by atoms with Crippen LogP contribution in [0.25, 0.3) is 0 Å². The average Bonchev–Trinajstić information content (AvgIpc) is 2.55. The third-order valence-corrected chi connectivity index (χ3v) is 3.60. The summed E-state index contributed by atoms with van der Waals surface area (Å²) >= 11 is 0. The van der Waals surface area contributed by atoms with Crippen molar-refractivity contribution in [2.75, 3.05) is 0 Å². The van der Waals surface area contributed by atoms with Crippen LogP contribution in [0.1, 0.15) is 64.4 Å². The number of rotatable bonds is 10. The first kappa shape index (κ1) is 18.8. The highest BCUT2D eigenvalue weighted by Crippen LogP contribution is 2.12. The molecule has 1 aromatic rings.